The van der Waals surface area contributed by atoms with Gasteiger partial charge in [-0.1, -0.05) is 17.7 Å². The third kappa shape index (κ3) is 6.11. The second-order valence-corrected chi connectivity index (χ2v) is 12.7. The number of nitrogens with zero attached hydrogens (tertiary/aromatic N) is 1. The topological polar surface area (TPSA) is 75.7 Å². The molecule has 0 spiro atoms. The van der Waals surface area contributed by atoms with Crippen LogP contribution in [-0.4, -0.2) is 56.9 Å². The van der Waals surface area contributed by atoms with Crippen LogP contribution in [0.15, 0.2) is 34.9 Å². The van der Waals surface area contributed by atoms with Gasteiger partial charge in [0, 0.05) is 36.5 Å². The van der Waals surface area contributed by atoms with Crippen molar-refractivity contribution in [3.05, 3.63) is 51.8 Å². The summed E-state index contributed by atoms with van der Waals surface area (Å²) in [6, 6.07) is 2.67. The van der Waals surface area contributed by atoms with Crippen LogP contribution in [0.25, 0.3) is 0 Å². The Balaban J connectivity index is 1.22. The van der Waals surface area contributed by atoms with Crippen molar-refractivity contribution >= 4 is 27.5 Å². The number of amides is 1. The molecule has 5 rings (SSSR count). The Hall–Kier alpha value is -1.97. The van der Waals surface area contributed by atoms with Gasteiger partial charge in [-0.25, -0.2) is 21.9 Å². The number of sulfonamides is 1. The highest BCUT2D eigenvalue weighted by Gasteiger charge is 2.38. The lowest BCUT2D eigenvalue weighted by atomic mass is 9.97. The van der Waals surface area contributed by atoms with E-state index in [2.05, 4.69) is 4.90 Å². The van der Waals surface area contributed by atoms with Crippen molar-refractivity contribution in [1.82, 2.24) is 9.62 Å². The number of halogens is 3. The highest BCUT2D eigenvalue weighted by molar-refractivity contribution is 7.91. The number of piperidine rings is 1. The highest BCUT2D eigenvalue weighted by Crippen LogP contribution is 2.45. The summed E-state index contributed by atoms with van der Waals surface area (Å²) in [6.45, 7) is 2.79. The summed E-state index contributed by atoms with van der Waals surface area (Å²) < 4.78 is 60.8. The van der Waals surface area contributed by atoms with Gasteiger partial charge in [0.2, 0.25) is 10.0 Å². The predicted octanol–water partition coefficient (Wildman–Crippen LogP) is 4.81. The second kappa shape index (κ2) is 10.4. The van der Waals surface area contributed by atoms with Gasteiger partial charge in [-0.15, -0.1) is 0 Å². The first-order chi connectivity index (χ1) is 17.2. The van der Waals surface area contributed by atoms with Crippen LogP contribution in [0.3, 0.4) is 0 Å². The van der Waals surface area contributed by atoms with Gasteiger partial charge >= 0.3 is 0 Å². The van der Waals surface area contributed by atoms with E-state index in [0.29, 0.717) is 43.2 Å². The van der Waals surface area contributed by atoms with E-state index in [-0.39, 0.29) is 17.4 Å². The van der Waals surface area contributed by atoms with Crippen LogP contribution in [0.2, 0.25) is 0 Å². The third-order valence-electron chi connectivity index (χ3n) is 7.25. The highest BCUT2D eigenvalue weighted by atomic mass is 35.5. The van der Waals surface area contributed by atoms with Crippen molar-refractivity contribution in [3.63, 3.8) is 0 Å². The van der Waals surface area contributed by atoms with Gasteiger partial charge in [0.1, 0.15) is 17.7 Å². The fraction of sp³-hybridized carbons (Fsp3) is 0.577. The molecule has 6 nitrogen and oxygen atoms in total. The van der Waals surface area contributed by atoms with Crippen LogP contribution in [0, 0.1) is 11.7 Å². The number of benzene rings is 1. The maximum Gasteiger partial charge on any atom is 0.267 e. The number of carbonyl (C=O) groups excluding carboxylic acids is 1. The maximum atomic E-state index is 14.9. The molecule has 3 fully saturated rings. The molecule has 1 amide bonds. The van der Waals surface area contributed by atoms with Crippen molar-refractivity contribution in [2.45, 2.75) is 62.3 Å². The Morgan fingerprint density at radius 3 is 2.67 bits per heavy atom. The number of rotatable bonds is 9. The van der Waals surface area contributed by atoms with Gasteiger partial charge in [0.25, 0.3) is 5.91 Å². The first kappa shape index (κ1) is 25.7. The van der Waals surface area contributed by atoms with Crippen molar-refractivity contribution in [1.29, 1.82) is 0 Å². The number of nitrogens with one attached hydrogen (secondary N) is 1. The molecule has 196 valence electrons. The molecule has 4 aliphatic rings. The molecule has 1 aromatic carbocycles. The summed E-state index contributed by atoms with van der Waals surface area (Å²) in [5.74, 6) is -0.883. The van der Waals surface area contributed by atoms with Crippen molar-refractivity contribution < 1.29 is 26.7 Å². The molecule has 1 N–H and O–H groups in total. The minimum atomic E-state index is -3.76. The summed E-state index contributed by atoms with van der Waals surface area (Å²) in [5, 5.41) is -0.0853. The average molecular weight is 541 g/mol. The molecule has 2 saturated carbocycles. The molecule has 1 heterocycles. The Morgan fingerprint density at radius 2 is 1.97 bits per heavy atom. The molecular formula is C26H31ClF2N2O4S. The molecule has 1 aliphatic heterocycles. The van der Waals surface area contributed by atoms with E-state index in [4.69, 9.17) is 16.3 Å². The number of carbonyl (C=O) groups is 1. The first-order valence-electron chi connectivity index (χ1n) is 12.6. The zero-order valence-electron chi connectivity index (χ0n) is 20.0. The Bertz CT molecular complexity index is 1190. The van der Waals surface area contributed by atoms with Crippen LogP contribution in [0.4, 0.5) is 8.78 Å². The second-order valence-electron chi connectivity index (χ2n) is 10.4. The van der Waals surface area contributed by atoms with Gasteiger partial charge in [0.15, 0.2) is 0 Å². The molecule has 3 aliphatic carbocycles. The predicted molar refractivity (Wildman–Crippen MR) is 134 cm³/mol. The lowest BCUT2D eigenvalue weighted by molar-refractivity contribution is 0.0977. The van der Waals surface area contributed by atoms with Crippen molar-refractivity contribution in [2.75, 3.05) is 26.2 Å². The monoisotopic (exact) mass is 540 g/mol. The smallest absolute Gasteiger partial charge is 0.267 e. The Morgan fingerprint density at radius 1 is 1.19 bits per heavy atom. The van der Waals surface area contributed by atoms with E-state index in [1.54, 1.807) is 0 Å². The van der Waals surface area contributed by atoms with E-state index in [9.17, 15) is 22.0 Å². The summed E-state index contributed by atoms with van der Waals surface area (Å²) in [7, 11) is -3.76. The molecule has 1 unspecified atom stereocenters. The normalized spacial score (nSPS) is 25.2. The number of hydrogen-bond acceptors (Lipinski definition) is 5. The van der Waals surface area contributed by atoms with Gasteiger partial charge in [-0.05, 0) is 74.3 Å². The molecular weight excluding hydrogens is 510 g/mol. The van der Waals surface area contributed by atoms with Gasteiger partial charge in [-0.3, -0.25) is 9.69 Å². The van der Waals surface area contributed by atoms with Gasteiger partial charge in [-0.2, -0.15) is 0 Å². The largest absolute Gasteiger partial charge is 0.493 e. The van der Waals surface area contributed by atoms with E-state index in [0.717, 1.165) is 49.9 Å². The van der Waals surface area contributed by atoms with Crippen molar-refractivity contribution in [2.24, 2.45) is 5.92 Å². The van der Waals surface area contributed by atoms with E-state index >= 15 is 0 Å². The number of hydrogen-bond donors (Lipinski definition) is 1. The minimum Gasteiger partial charge on any atom is -0.493 e. The number of likely N-dealkylation sites (tertiary alicyclic amines) is 1. The summed E-state index contributed by atoms with van der Waals surface area (Å²) >= 11 is 6.24. The lowest BCUT2D eigenvalue weighted by Crippen LogP contribution is -2.39. The van der Waals surface area contributed by atoms with Crippen LogP contribution >= 0.6 is 11.6 Å². The zero-order chi connectivity index (χ0) is 25.4. The maximum absolute atomic E-state index is 14.9. The number of ether oxygens (including phenoxy) is 1. The van der Waals surface area contributed by atoms with Crippen LogP contribution < -0.4 is 9.46 Å². The SMILES string of the molecule is O=C(NS(=O)(=O)C1CC1)c1cc(C2CC2)c(OC[C@H]2CCCN(CC3=CCC(F)C=C3Cl)C2)cc1F. The average Bonchev–Trinajstić information content (AvgIpc) is 3.72. The summed E-state index contributed by atoms with van der Waals surface area (Å²) in [4.78, 5) is 14.8. The van der Waals surface area contributed by atoms with Crippen LogP contribution in [-0.2, 0) is 10.0 Å². The first-order valence-corrected chi connectivity index (χ1v) is 14.6. The third-order valence-corrected chi connectivity index (χ3v) is 9.44. The molecule has 2 atom stereocenters. The molecule has 1 saturated heterocycles. The van der Waals surface area contributed by atoms with E-state index in [1.807, 2.05) is 10.8 Å². The van der Waals surface area contributed by atoms with Crippen molar-refractivity contribution in [3.8, 4) is 5.75 Å². The Kier molecular flexibility index (Phi) is 7.43. The zero-order valence-corrected chi connectivity index (χ0v) is 21.6. The van der Waals surface area contributed by atoms with Crippen LogP contribution in [0.1, 0.15) is 66.8 Å². The number of alkyl halides is 1. The van der Waals surface area contributed by atoms with Gasteiger partial charge in [0.05, 0.1) is 17.4 Å². The van der Waals surface area contributed by atoms with E-state index < -0.39 is 33.2 Å². The van der Waals surface area contributed by atoms with E-state index in [1.165, 1.54) is 18.2 Å². The summed E-state index contributed by atoms with van der Waals surface area (Å²) in [5.41, 5.74) is 1.43. The quantitative estimate of drug-likeness (QED) is 0.486. The molecule has 0 radical (unpaired) electrons. The van der Waals surface area contributed by atoms with Crippen LogP contribution in [0.5, 0.6) is 5.75 Å². The Labute approximate surface area is 215 Å². The fourth-order valence-electron chi connectivity index (χ4n) is 4.94. The summed E-state index contributed by atoms with van der Waals surface area (Å²) in [6.07, 6.45) is 7.50. The molecule has 10 heteroatoms. The minimum absolute atomic E-state index is 0.182. The standard InChI is InChI=1S/C26H31ClF2N2O4S/c27-23-10-19(28)6-5-18(23)14-31-9-1-2-16(13-31)15-35-25-12-24(29)22(11-21(25)17-3-4-17)26(32)30-36(33,34)20-7-8-20/h5,10-12,16-17,19-20H,1-4,6-9,13-15H2,(H,30,32)/t16-,19?/m0/s1. The number of allylic oxidation sites excluding steroid dienone is 2. The molecule has 36 heavy (non-hydrogen) atoms. The lowest BCUT2D eigenvalue weighted by Gasteiger charge is -2.33. The molecule has 1 aromatic rings. The molecule has 0 aromatic heterocycles. The van der Waals surface area contributed by atoms with Gasteiger partial charge < -0.3 is 4.74 Å². The fourth-order valence-corrected chi connectivity index (χ4v) is 6.50. The molecule has 0 bridgehead atoms.